The van der Waals surface area contributed by atoms with E-state index < -0.39 is 63.6 Å². The number of aromatic nitrogens is 3. The average Bonchev–Trinajstić information content (AvgIpc) is 3.57. The summed E-state index contributed by atoms with van der Waals surface area (Å²) in [6, 6.07) is 2.79. The number of aliphatic hydroxyl groups excluding tert-OH is 1. The van der Waals surface area contributed by atoms with Crippen molar-refractivity contribution in [2.45, 2.75) is 63.3 Å². The molecule has 3 N–H and O–H groups in total. The molecule has 0 unspecified atom stereocenters. The number of nitrogens with zero attached hydrogens (tertiary/aromatic N) is 3. The first kappa shape index (κ1) is 25.9. The molecule has 0 saturated heterocycles. The topological polar surface area (TPSA) is 100 Å². The predicted octanol–water partition coefficient (Wildman–Crippen LogP) is 4.10. The van der Waals surface area contributed by atoms with E-state index in [1.165, 1.54) is 6.92 Å². The molecule has 1 saturated carbocycles. The Morgan fingerprint density at radius 2 is 1.78 bits per heavy atom. The maximum Gasteiger partial charge on any atom is 0.303 e. The minimum Gasteiger partial charge on any atom is -0.384 e. The van der Waals surface area contributed by atoms with Crippen LogP contribution in [-0.4, -0.2) is 36.8 Å². The molecule has 2 heterocycles. The van der Waals surface area contributed by atoms with Gasteiger partial charge < -0.3 is 20.1 Å². The summed E-state index contributed by atoms with van der Waals surface area (Å²) in [5.74, 6) is -7.39. The van der Waals surface area contributed by atoms with Gasteiger partial charge in [-0.25, -0.2) is 23.1 Å². The molecule has 13 heteroatoms. The van der Waals surface area contributed by atoms with Crippen molar-refractivity contribution >= 4 is 16.7 Å². The Morgan fingerprint density at radius 1 is 1.14 bits per heavy atom. The van der Waals surface area contributed by atoms with E-state index in [9.17, 15) is 37.0 Å². The summed E-state index contributed by atoms with van der Waals surface area (Å²) in [6.07, 6.45) is -4.19. The van der Waals surface area contributed by atoms with Crippen LogP contribution in [0.4, 0.5) is 32.2 Å². The molecule has 1 aliphatic rings. The van der Waals surface area contributed by atoms with E-state index >= 15 is 4.39 Å². The lowest BCUT2D eigenvalue weighted by molar-refractivity contribution is -0.170. The SMILES string of the molecule is Cc1nc(N[C@H](O)c2cccc(C(F)(F)C(C)(C)O)c2F)c2cn(C3(C(F)F)CC3)c(=O)c(F)c2n1. The maximum atomic E-state index is 15.1. The van der Waals surface area contributed by atoms with Gasteiger partial charge in [0.1, 0.15) is 34.1 Å². The molecule has 0 bridgehead atoms. The highest BCUT2D eigenvalue weighted by atomic mass is 19.3. The van der Waals surface area contributed by atoms with Gasteiger partial charge >= 0.3 is 5.92 Å². The van der Waals surface area contributed by atoms with Crippen molar-refractivity contribution in [1.29, 1.82) is 0 Å². The third-order valence-electron chi connectivity index (χ3n) is 6.28. The minimum atomic E-state index is -4.03. The summed E-state index contributed by atoms with van der Waals surface area (Å²) in [7, 11) is 0. The summed E-state index contributed by atoms with van der Waals surface area (Å²) in [5, 5.41) is 22.5. The van der Waals surface area contributed by atoms with Crippen LogP contribution in [0.15, 0.2) is 29.2 Å². The normalized spacial score (nSPS) is 16.4. The second-order valence-electron chi connectivity index (χ2n) is 9.29. The molecule has 2 aromatic heterocycles. The number of benzene rings is 1. The Labute approximate surface area is 200 Å². The highest BCUT2D eigenvalue weighted by molar-refractivity contribution is 5.89. The van der Waals surface area contributed by atoms with Gasteiger partial charge in [0.15, 0.2) is 6.23 Å². The highest BCUT2D eigenvalue weighted by Gasteiger charge is 2.54. The number of aryl methyl sites for hydroxylation is 1. The zero-order chi connectivity index (χ0) is 26.8. The van der Waals surface area contributed by atoms with Crippen molar-refractivity contribution in [1.82, 2.24) is 14.5 Å². The molecule has 7 nitrogen and oxygen atoms in total. The summed E-state index contributed by atoms with van der Waals surface area (Å²) in [5.41, 5.74) is -8.18. The molecule has 0 amide bonds. The lowest BCUT2D eigenvalue weighted by Crippen LogP contribution is -2.41. The zero-order valence-electron chi connectivity index (χ0n) is 19.3. The number of nitrogens with one attached hydrogen (secondary N) is 1. The van der Waals surface area contributed by atoms with Gasteiger partial charge in [-0.1, -0.05) is 12.1 Å². The Morgan fingerprint density at radius 3 is 2.33 bits per heavy atom. The fraction of sp³-hybridized carbons (Fsp3) is 0.435. The van der Waals surface area contributed by atoms with Crippen LogP contribution in [0.25, 0.3) is 10.9 Å². The van der Waals surface area contributed by atoms with Crippen LogP contribution in [0.3, 0.4) is 0 Å². The number of anilines is 1. The first-order valence-electron chi connectivity index (χ1n) is 10.8. The van der Waals surface area contributed by atoms with E-state index in [1.807, 2.05) is 0 Å². The third-order valence-corrected chi connectivity index (χ3v) is 6.28. The fourth-order valence-corrected chi connectivity index (χ4v) is 3.94. The molecule has 1 fully saturated rings. The summed E-state index contributed by atoms with van der Waals surface area (Å²) in [4.78, 5) is 20.3. The minimum absolute atomic E-state index is 0.0684. The first-order valence-corrected chi connectivity index (χ1v) is 10.8. The molecule has 0 radical (unpaired) electrons. The van der Waals surface area contributed by atoms with Crippen molar-refractivity contribution in [2.24, 2.45) is 0 Å². The molecule has 1 aliphatic carbocycles. The third kappa shape index (κ3) is 3.99. The van der Waals surface area contributed by atoms with E-state index in [1.54, 1.807) is 0 Å². The van der Waals surface area contributed by atoms with Crippen molar-refractivity contribution < 1.29 is 36.6 Å². The maximum absolute atomic E-state index is 15.1. The molecular formula is C23H22F6N4O3. The Bertz CT molecular complexity index is 1400. The summed E-state index contributed by atoms with van der Waals surface area (Å²) < 4.78 is 87.1. The number of rotatable bonds is 7. The number of halogens is 6. The Kier molecular flexibility index (Phi) is 6.07. The summed E-state index contributed by atoms with van der Waals surface area (Å²) >= 11 is 0. The van der Waals surface area contributed by atoms with Crippen LogP contribution in [0.5, 0.6) is 0 Å². The predicted molar refractivity (Wildman–Crippen MR) is 117 cm³/mol. The molecular weight excluding hydrogens is 494 g/mol. The number of hydrogen-bond donors (Lipinski definition) is 3. The van der Waals surface area contributed by atoms with Gasteiger partial charge in [-0.15, -0.1) is 0 Å². The standard InChI is InChI=1S/C23H22F6N4O3/c1-10-30-16-12(9-33(19(35)15(16)25)22(7-8-22)20(26)27)17(31-10)32-18(34)11-5-4-6-13(14(11)24)23(28,29)21(2,3)36/h4-6,9,18,20,34,36H,7-8H2,1-3H3,(H,30,31,32)/t18-/m1/s1. The molecule has 1 aromatic carbocycles. The van der Waals surface area contributed by atoms with Crippen LogP contribution < -0.4 is 10.9 Å². The number of fused-ring (bicyclic) bond motifs is 1. The van der Waals surface area contributed by atoms with Crippen LogP contribution >= 0.6 is 0 Å². The van der Waals surface area contributed by atoms with Crippen LogP contribution in [-0.2, 0) is 11.5 Å². The molecule has 194 valence electrons. The zero-order valence-corrected chi connectivity index (χ0v) is 19.3. The monoisotopic (exact) mass is 516 g/mol. The van der Waals surface area contributed by atoms with Crippen LogP contribution in [0.2, 0.25) is 0 Å². The van der Waals surface area contributed by atoms with Crippen LogP contribution in [0, 0.1) is 18.6 Å². The number of alkyl halides is 4. The van der Waals surface area contributed by atoms with Gasteiger partial charge in [0.05, 0.1) is 10.9 Å². The molecule has 36 heavy (non-hydrogen) atoms. The fourth-order valence-electron chi connectivity index (χ4n) is 3.94. The van der Waals surface area contributed by atoms with Crippen molar-refractivity contribution in [3.05, 3.63) is 63.3 Å². The van der Waals surface area contributed by atoms with E-state index in [0.29, 0.717) is 4.57 Å². The summed E-state index contributed by atoms with van der Waals surface area (Å²) in [6.45, 7) is 2.92. The molecule has 1 atom stereocenters. The van der Waals surface area contributed by atoms with Crippen molar-refractivity contribution in [3.8, 4) is 0 Å². The number of aliphatic hydroxyl groups is 2. The largest absolute Gasteiger partial charge is 0.384 e. The van der Waals surface area contributed by atoms with Gasteiger partial charge in [-0.2, -0.15) is 13.2 Å². The Balaban J connectivity index is 1.82. The molecule has 0 aliphatic heterocycles. The quantitative estimate of drug-likeness (QED) is 0.323. The van der Waals surface area contributed by atoms with Crippen molar-refractivity contribution in [2.75, 3.05) is 5.32 Å². The number of hydrogen-bond acceptors (Lipinski definition) is 6. The van der Waals surface area contributed by atoms with Gasteiger partial charge in [-0.3, -0.25) is 4.79 Å². The molecule has 3 aromatic rings. The van der Waals surface area contributed by atoms with Gasteiger partial charge in [0.25, 0.3) is 12.0 Å². The average molecular weight is 516 g/mol. The van der Waals surface area contributed by atoms with E-state index in [4.69, 9.17) is 0 Å². The van der Waals surface area contributed by atoms with E-state index in [2.05, 4.69) is 15.3 Å². The van der Waals surface area contributed by atoms with E-state index in [-0.39, 0.29) is 29.9 Å². The molecule has 4 rings (SSSR count). The Hall–Kier alpha value is -3.19. The van der Waals surface area contributed by atoms with Crippen LogP contribution in [0.1, 0.15) is 49.9 Å². The van der Waals surface area contributed by atoms with Gasteiger partial charge in [0.2, 0.25) is 5.82 Å². The highest BCUT2D eigenvalue weighted by Crippen LogP contribution is 2.48. The second kappa shape index (κ2) is 8.44. The van der Waals surface area contributed by atoms with Gasteiger partial charge in [0, 0.05) is 11.8 Å². The lowest BCUT2D eigenvalue weighted by Gasteiger charge is -2.30. The van der Waals surface area contributed by atoms with Gasteiger partial charge in [-0.05, 0) is 39.7 Å². The second-order valence-corrected chi connectivity index (χ2v) is 9.29. The lowest BCUT2D eigenvalue weighted by atomic mass is 9.91. The van der Waals surface area contributed by atoms with E-state index in [0.717, 1.165) is 38.2 Å². The van der Waals surface area contributed by atoms with Crippen molar-refractivity contribution in [3.63, 3.8) is 0 Å². The first-order chi connectivity index (χ1) is 16.6. The molecule has 0 spiro atoms. The number of pyridine rings is 1. The smallest absolute Gasteiger partial charge is 0.303 e.